The number of H-pyrrole nitrogens is 1. The average molecular weight is 565 g/mol. The third kappa shape index (κ3) is 6.90. The van der Waals surface area contributed by atoms with Crippen LogP contribution in [-0.2, 0) is 13.0 Å². The molecule has 2 heterocycles. The first-order valence-electron chi connectivity index (χ1n) is 13.2. The lowest BCUT2D eigenvalue weighted by Crippen LogP contribution is -2.31. The summed E-state index contributed by atoms with van der Waals surface area (Å²) < 4.78 is 6.10. The van der Waals surface area contributed by atoms with Gasteiger partial charge in [-0.3, -0.25) is 9.89 Å². The number of furan rings is 1. The Balaban J connectivity index is 1.29. The SMILES string of the molecule is Cc1ccc(C(C)NCc2ccc(-c3ccc(Cl)c(C(=O)NC(Cc4ccc(C#N)cc4)c4ncn[nH]4)c3)o2)cc1. The van der Waals surface area contributed by atoms with E-state index in [9.17, 15) is 4.79 Å². The first kappa shape index (κ1) is 27.8. The van der Waals surface area contributed by atoms with Crippen LogP contribution in [0.3, 0.4) is 0 Å². The van der Waals surface area contributed by atoms with Crippen LogP contribution in [-0.4, -0.2) is 21.1 Å². The zero-order chi connectivity index (χ0) is 28.8. The van der Waals surface area contributed by atoms with Gasteiger partial charge in [-0.25, -0.2) is 4.98 Å². The van der Waals surface area contributed by atoms with E-state index >= 15 is 0 Å². The molecule has 0 aliphatic heterocycles. The number of carbonyl (C=O) groups excluding carboxylic acids is 1. The quantitative estimate of drug-likeness (QED) is 0.179. The molecule has 0 radical (unpaired) electrons. The molecule has 1 amide bonds. The Labute approximate surface area is 243 Å². The van der Waals surface area contributed by atoms with E-state index in [1.54, 1.807) is 24.3 Å². The maximum Gasteiger partial charge on any atom is 0.253 e. The molecule has 2 atom stereocenters. The van der Waals surface area contributed by atoms with Crippen molar-refractivity contribution < 1.29 is 9.21 Å². The minimum absolute atomic E-state index is 0.163. The molecule has 3 N–H and O–H groups in total. The molecule has 3 aromatic carbocycles. The highest BCUT2D eigenvalue weighted by Gasteiger charge is 2.21. The molecule has 0 spiro atoms. The maximum atomic E-state index is 13.4. The van der Waals surface area contributed by atoms with Crippen LogP contribution in [0.5, 0.6) is 0 Å². The number of amides is 1. The van der Waals surface area contributed by atoms with E-state index in [0.29, 0.717) is 40.7 Å². The lowest BCUT2D eigenvalue weighted by Gasteiger charge is -2.17. The summed E-state index contributed by atoms with van der Waals surface area (Å²) >= 11 is 6.47. The molecule has 5 rings (SSSR count). The zero-order valence-electron chi connectivity index (χ0n) is 22.7. The van der Waals surface area contributed by atoms with Crippen LogP contribution in [0, 0.1) is 18.3 Å². The number of nitrogens with one attached hydrogen (secondary N) is 3. The van der Waals surface area contributed by atoms with E-state index in [1.807, 2.05) is 30.3 Å². The van der Waals surface area contributed by atoms with E-state index in [1.165, 1.54) is 17.5 Å². The minimum atomic E-state index is -0.491. The summed E-state index contributed by atoms with van der Waals surface area (Å²) in [4.78, 5) is 17.7. The van der Waals surface area contributed by atoms with Gasteiger partial charge in [-0.05, 0) is 73.9 Å². The molecule has 206 valence electrons. The van der Waals surface area contributed by atoms with Crippen LogP contribution in [0.25, 0.3) is 11.3 Å². The number of aromatic amines is 1. The number of nitriles is 1. The number of rotatable bonds is 10. The van der Waals surface area contributed by atoms with E-state index in [0.717, 1.165) is 16.9 Å². The van der Waals surface area contributed by atoms with Crippen LogP contribution in [0.1, 0.15) is 63.2 Å². The van der Waals surface area contributed by atoms with Crippen molar-refractivity contribution in [1.29, 1.82) is 5.26 Å². The summed E-state index contributed by atoms with van der Waals surface area (Å²) in [5.41, 5.74) is 4.98. The fraction of sp³-hybridized carbons (Fsp3) is 0.188. The standard InChI is InChI=1S/C32H29ClN6O2/c1-20-3-9-24(10-4-20)21(2)35-18-26-12-14-30(41-26)25-11-13-28(33)27(16-25)32(40)38-29(31-36-19-37-39-31)15-22-5-7-23(17-34)8-6-22/h3-14,16,19,21,29,35H,15,18H2,1-2H3,(H,38,40)(H,36,37,39). The molecule has 0 saturated carbocycles. The Hall–Kier alpha value is -4.71. The number of benzene rings is 3. The van der Waals surface area contributed by atoms with Crippen LogP contribution >= 0.6 is 11.6 Å². The Morgan fingerprint density at radius 3 is 2.56 bits per heavy atom. The summed E-state index contributed by atoms with van der Waals surface area (Å²) in [5, 5.41) is 22.7. The smallest absolute Gasteiger partial charge is 0.253 e. The normalized spacial score (nSPS) is 12.4. The van der Waals surface area contributed by atoms with Gasteiger partial charge in [-0.15, -0.1) is 0 Å². The van der Waals surface area contributed by atoms with Gasteiger partial charge in [0.2, 0.25) is 0 Å². The molecule has 41 heavy (non-hydrogen) atoms. The molecule has 8 nitrogen and oxygen atoms in total. The van der Waals surface area contributed by atoms with Gasteiger partial charge in [0, 0.05) is 11.6 Å². The van der Waals surface area contributed by atoms with Crippen molar-refractivity contribution in [3.05, 3.63) is 130 Å². The zero-order valence-corrected chi connectivity index (χ0v) is 23.4. The predicted molar refractivity (Wildman–Crippen MR) is 157 cm³/mol. The van der Waals surface area contributed by atoms with Gasteiger partial charge in [0.05, 0.1) is 34.8 Å². The number of nitrogens with zero attached hydrogens (tertiary/aromatic N) is 3. The topological polar surface area (TPSA) is 120 Å². The van der Waals surface area contributed by atoms with Gasteiger partial charge in [0.15, 0.2) is 0 Å². The Bertz CT molecular complexity index is 1650. The first-order chi connectivity index (χ1) is 19.9. The highest BCUT2D eigenvalue weighted by atomic mass is 35.5. The Morgan fingerprint density at radius 2 is 1.85 bits per heavy atom. The third-order valence-electron chi connectivity index (χ3n) is 6.91. The number of carbonyl (C=O) groups is 1. The summed E-state index contributed by atoms with van der Waals surface area (Å²) in [7, 11) is 0. The molecule has 0 fully saturated rings. The summed E-state index contributed by atoms with van der Waals surface area (Å²) in [6.07, 6.45) is 1.84. The first-order valence-corrected chi connectivity index (χ1v) is 13.6. The van der Waals surface area contributed by atoms with Crippen molar-refractivity contribution in [3.8, 4) is 17.4 Å². The van der Waals surface area contributed by atoms with Crippen molar-refractivity contribution in [3.63, 3.8) is 0 Å². The average Bonchev–Trinajstić information content (AvgIpc) is 3.70. The highest BCUT2D eigenvalue weighted by Crippen LogP contribution is 2.28. The van der Waals surface area contributed by atoms with E-state index in [-0.39, 0.29) is 11.9 Å². The molecule has 2 unspecified atom stereocenters. The maximum absolute atomic E-state index is 13.4. The Kier molecular flexibility index (Phi) is 8.59. The second-order valence-corrected chi connectivity index (χ2v) is 10.3. The highest BCUT2D eigenvalue weighted by molar-refractivity contribution is 6.34. The fourth-order valence-electron chi connectivity index (χ4n) is 4.49. The monoisotopic (exact) mass is 564 g/mol. The second-order valence-electron chi connectivity index (χ2n) is 9.88. The number of halogens is 1. The number of aromatic nitrogens is 3. The van der Waals surface area contributed by atoms with Crippen molar-refractivity contribution in [2.45, 2.75) is 38.9 Å². The third-order valence-corrected chi connectivity index (χ3v) is 7.24. The molecule has 0 aliphatic carbocycles. The van der Waals surface area contributed by atoms with E-state index in [2.05, 4.69) is 70.0 Å². The molecule has 0 saturated heterocycles. The lowest BCUT2D eigenvalue weighted by atomic mass is 10.0. The van der Waals surface area contributed by atoms with Crippen molar-refractivity contribution >= 4 is 17.5 Å². The molecule has 2 aromatic heterocycles. The largest absolute Gasteiger partial charge is 0.460 e. The van der Waals surface area contributed by atoms with Crippen LogP contribution in [0.15, 0.2) is 89.6 Å². The molecule has 0 bridgehead atoms. The van der Waals surface area contributed by atoms with Gasteiger partial charge < -0.3 is 15.1 Å². The summed E-state index contributed by atoms with van der Waals surface area (Å²) in [6, 6.07) is 26.5. The summed E-state index contributed by atoms with van der Waals surface area (Å²) in [5.74, 6) is 1.58. The van der Waals surface area contributed by atoms with Gasteiger partial charge in [-0.2, -0.15) is 10.4 Å². The number of hydrogen-bond donors (Lipinski definition) is 3. The minimum Gasteiger partial charge on any atom is -0.460 e. The van der Waals surface area contributed by atoms with Crippen molar-refractivity contribution in [2.24, 2.45) is 0 Å². The van der Waals surface area contributed by atoms with Crippen molar-refractivity contribution in [1.82, 2.24) is 25.8 Å². The van der Waals surface area contributed by atoms with Gasteiger partial charge >= 0.3 is 0 Å². The van der Waals surface area contributed by atoms with Crippen LogP contribution < -0.4 is 10.6 Å². The number of hydrogen-bond acceptors (Lipinski definition) is 6. The van der Waals surface area contributed by atoms with Gasteiger partial charge in [0.1, 0.15) is 23.7 Å². The van der Waals surface area contributed by atoms with Crippen LogP contribution in [0.2, 0.25) is 5.02 Å². The lowest BCUT2D eigenvalue weighted by molar-refractivity contribution is 0.0935. The summed E-state index contributed by atoms with van der Waals surface area (Å²) in [6.45, 7) is 4.75. The molecule has 5 aromatic rings. The number of aryl methyl sites for hydroxylation is 1. The van der Waals surface area contributed by atoms with Crippen molar-refractivity contribution in [2.75, 3.05) is 0 Å². The molecule has 9 heteroatoms. The van der Waals surface area contributed by atoms with E-state index < -0.39 is 6.04 Å². The van der Waals surface area contributed by atoms with Gasteiger partial charge in [0.25, 0.3) is 5.91 Å². The predicted octanol–water partition coefficient (Wildman–Crippen LogP) is 6.46. The Morgan fingerprint density at radius 1 is 1.07 bits per heavy atom. The second kappa shape index (κ2) is 12.6. The van der Waals surface area contributed by atoms with Crippen LogP contribution in [0.4, 0.5) is 0 Å². The molecular weight excluding hydrogens is 536 g/mol. The molecular formula is C32H29ClN6O2. The van der Waals surface area contributed by atoms with E-state index in [4.69, 9.17) is 21.3 Å². The molecule has 0 aliphatic rings. The van der Waals surface area contributed by atoms with Gasteiger partial charge in [-0.1, -0.05) is 53.6 Å². The fourth-order valence-corrected chi connectivity index (χ4v) is 4.70.